The van der Waals surface area contributed by atoms with Gasteiger partial charge in [0.15, 0.2) is 11.4 Å². The molecule has 8 nitrogen and oxygen atoms in total. The number of hydrogen-bond acceptors (Lipinski definition) is 5. The summed E-state index contributed by atoms with van der Waals surface area (Å²) >= 11 is 0. The predicted molar refractivity (Wildman–Crippen MR) is 133 cm³/mol. The fourth-order valence-corrected chi connectivity index (χ4v) is 4.17. The summed E-state index contributed by atoms with van der Waals surface area (Å²) < 4.78 is 6.96. The average molecular weight is 468 g/mol. The number of aromatic nitrogens is 3. The molecule has 3 aromatic heterocycles. The molecule has 0 saturated heterocycles. The van der Waals surface area contributed by atoms with E-state index in [4.69, 9.17) is 9.40 Å². The number of aryl methyl sites for hydroxylation is 2. The number of carbonyl (C=O) groups is 2. The van der Waals surface area contributed by atoms with E-state index in [1.54, 1.807) is 24.3 Å². The minimum atomic E-state index is -0.308. The number of benzene rings is 2. The van der Waals surface area contributed by atoms with Crippen molar-refractivity contribution in [3.63, 3.8) is 0 Å². The summed E-state index contributed by atoms with van der Waals surface area (Å²) in [7, 11) is 0. The number of hydrogen-bond donors (Lipinski definition) is 2. The SMILES string of the molecule is Cc1nc2c3ccccc3nn2c(C)c1CCC(=O)NCc1ccc(NC(=O)c2ccco2)cc1. The normalized spacial score (nSPS) is 11.1. The lowest BCUT2D eigenvalue weighted by Crippen LogP contribution is -2.23. The Morgan fingerprint density at radius 1 is 1.00 bits per heavy atom. The van der Waals surface area contributed by atoms with Crippen LogP contribution in [0.5, 0.6) is 0 Å². The Morgan fingerprint density at radius 2 is 1.80 bits per heavy atom. The van der Waals surface area contributed by atoms with Crippen LogP contribution in [0.2, 0.25) is 0 Å². The quantitative estimate of drug-likeness (QED) is 0.364. The molecule has 35 heavy (non-hydrogen) atoms. The molecule has 0 bridgehead atoms. The maximum atomic E-state index is 12.5. The number of nitrogens with one attached hydrogen (secondary N) is 2. The number of amides is 2. The maximum absolute atomic E-state index is 12.5. The summed E-state index contributed by atoms with van der Waals surface area (Å²) in [6.45, 7) is 4.41. The average Bonchev–Trinajstić information content (AvgIpc) is 3.52. The lowest BCUT2D eigenvalue weighted by atomic mass is 10.1. The van der Waals surface area contributed by atoms with Crippen LogP contribution in [0.4, 0.5) is 5.69 Å². The Labute approximate surface area is 202 Å². The first-order valence-electron chi connectivity index (χ1n) is 11.4. The third-order valence-corrected chi connectivity index (χ3v) is 6.07. The number of fused-ring (bicyclic) bond motifs is 3. The Hall–Kier alpha value is -4.46. The van der Waals surface area contributed by atoms with Gasteiger partial charge in [-0.1, -0.05) is 24.3 Å². The van der Waals surface area contributed by atoms with Crippen LogP contribution in [0.3, 0.4) is 0 Å². The van der Waals surface area contributed by atoms with Crippen LogP contribution >= 0.6 is 0 Å². The molecule has 0 radical (unpaired) electrons. The van der Waals surface area contributed by atoms with Gasteiger partial charge in [-0.3, -0.25) is 9.59 Å². The van der Waals surface area contributed by atoms with Crippen LogP contribution in [0.1, 0.15) is 39.5 Å². The van der Waals surface area contributed by atoms with Gasteiger partial charge in [0.1, 0.15) is 0 Å². The van der Waals surface area contributed by atoms with Gasteiger partial charge >= 0.3 is 0 Å². The van der Waals surface area contributed by atoms with E-state index in [9.17, 15) is 9.59 Å². The van der Waals surface area contributed by atoms with E-state index >= 15 is 0 Å². The highest BCUT2D eigenvalue weighted by atomic mass is 16.3. The van der Waals surface area contributed by atoms with E-state index in [0.717, 1.165) is 39.1 Å². The van der Waals surface area contributed by atoms with Gasteiger partial charge < -0.3 is 15.1 Å². The lowest BCUT2D eigenvalue weighted by molar-refractivity contribution is -0.121. The third kappa shape index (κ3) is 4.63. The zero-order valence-corrected chi connectivity index (χ0v) is 19.5. The largest absolute Gasteiger partial charge is 0.459 e. The molecular weight excluding hydrogens is 442 g/mol. The van der Waals surface area contributed by atoms with E-state index < -0.39 is 0 Å². The lowest BCUT2D eigenvalue weighted by Gasteiger charge is -2.11. The molecule has 0 atom stereocenters. The van der Waals surface area contributed by atoms with Crippen molar-refractivity contribution < 1.29 is 14.0 Å². The van der Waals surface area contributed by atoms with Crippen LogP contribution in [-0.2, 0) is 17.8 Å². The van der Waals surface area contributed by atoms with Crippen LogP contribution in [0.25, 0.3) is 16.6 Å². The molecule has 176 valence electrons. The molecule has 0 aliphatic carbocycles. The Kier molecular flexibility index (Phi) is 6.01. The number of furan rings is 1. The number of nitrogens with zero attached hydrogens (tertiary/aromatic N) is 3. The van der Waals surface area contributed by atoms with Crippen molar-refractivity contribution in [2.24, 2.45) is 0 Å². The second-order valence-electron chi connectivity index (χ2n) is 8.42. The van der Waals surface area contributed by atoms with E-state index in [1.165, 1.54) is 6.26 Å². The minimum Gasteiger partial charge on any atom is -0.459 e. The van der Waals surface area contributed by atoms with Crippen molar-refractivity contribution in [3.05, 3.63) is 95.2 Å². The van der Waals surface area contributed by atoms with Crippen molar-refractivity contribution in [3.8, 4) is 0 Å². The van der Waals surface area contributed by atoms with Crippen molar-refractivity contribution in [1.29, 1.82) is 0 Å². The fourth-order valence-electron chi connectivity index (χ4n) is 4.17. The summed E-state index contributed by atoms with van der Waals surface area (Å²) in [5.74, 6) is -0.0933. The zero-order valence-electron chi connectivity index (χ0n) is 19.5. The van der Waals surface area contributed by atoms with E-state index in [2.05, 4.69) is 15.7 Å². The molecule has 0 unspecified atom stereocenters. The van der Waals surface area contributed by atoms with Crippen LogP contribution in [0, 0.1) is 13.8 Å². The highest BCUT2D eigenvalue weighted by molar-refractivity contribution is 6.02. The molecule has 3 heterocycles. The van der Waals surface area contributed by atoms with Crippen molar-refractivity contribution in [2.45, 2.75) is 33.2 Å². The molecule has 8 heteroatoms. The highest BCUT2D eigenvalue weighted by Gasteiger charge is 2.15. The topological polar surface area (TPSA) is 102 Å². The molecule has 0 aliphatic rings. The van der Waals surface area contributed by atoms with E-state index in [-0.39, 0.29) is 17.6 Å². The van der Waals surface area contributed by atoms with Crippen molar-refractivity contribution in [2.75, 3.05) is 5.32 Å². The van der Waals surface area contributed by atoms with E-state index in [1.807, 2.05) is 54.8 Å². The van der Waals surface area contributed by atoms with E-state index in [0.29, 0.717) is 25.1 Å². The predicted octanol–water partition coefficient (Wildman–Crippen LogP) is 4.59. The third-order valence-electron chi connectivity index (χ3n) is 6.07. The summed E-state index contributed by atoms with van der Waals surface area (Å²) in [5.41, 5.74) is 6.30. The highest BCUT2D eigenvalue weighted by Crippen LogP contribution is 2.23. The van der Waals surface area contributed by atoms with Crippen molar-refractivity contribution in [1.82, 2.24) is 19.9 Å². The maximum Gasteiger partial charge on any atom is 0.291 e. The first kappa shape index (κ1) is 22.3. The molecule has 0 spiro atoms. The molecular formula is C27H25N5O3. The molecule has 2 amide bonds. The van der Waals surface area contributed by atoms with Gasteiger partial charge in [0.2, 0.25) is 5.91 Å². The molecule has 5 aromatic rings. The Bertz CT molecular complexity index is 1520. The summed E-state index contributed by atoms with van der Waals surface area (Å²) in [6.07, 6.45) is 2.39. The fraction of sp³-hybridized carbons (Fsp3) is 0.185. The van der Waals surface area contributed by atoms with Gasteiger partial charge in [-0.15, -0.1) is 0 Å². The van der Waals surface area contributed by atoms with Crippen LogP contribution in [-0.4, -0.2) is 26.4 Å². The Balaban J connectivity index is 1.18. The van der Waals surface area contributed by atoms with Gasteiger partial charge in [0.05, 0.1) is 11.8 Å². The summed E-state index contributed by atoms with van der Waals surface area (Å²) in [5, 5.41) is 11.4. The number of rotatable bonds is 7. The van der Waals surface area contributed by atoms with Crippen LogP contribution in [0.15, 0.2) is 71.3 Å². The number of anilines is 1. The molecule has 2 aromatic carbocycles. The van der Waals surface area contributed by atoms with Gasteiger partial charge in [-0.05, 0) is 67.8 Å². The Morgan fingerprint density at radius 3 is 2.57 bits per heavy atom. The first-order valence-corrected chi connectivity index (χ1v) is 11.4. The number of carbonyl (C=O) groups excluding carboxylic acids is 2. The van der Waals surface area contributed by atoms with Gasteiger partial charge in [-0.2, -0.15) is 5.10 Å². The standard InChI is InChI=1S/C27H25N5O3/c1-17-21(18(2)32-26(29-17)22-6-3-4-7-23(22)31-32)13-14-25(33)28-16-19-9-11-20(12-10-19)30-27(34)24-8-5-15-35-24/h3-12,15H,13-14,16H2,1-2H3,(H,28,33)(H,30,34). The first-order chi connectivity index (χ1) is 17.0. The second kappa shape index (κ2) is 9.42. The molecule has 2 N–H and O–H groups in total. The summed E-state index contributed by atoms with van der Waals surface area (Å²) in [6, 6.07) is 18.5. The summed E-state index contributed by atoms with van der Waals surface area (Å²) in [4.78, 5) is 29.4. The molecule has 0 saturated carbocycles. The van der Waals surface area contributed by atoms with Gasteiger partial charge in [0, 0.05) is 35.4 Å². The molecule has 0 aliphatic heterocycles. The van der Waals surface area contributed by atoms with Gasteiger partial charge in [-0.25, -0.2) is 9.50 Å². The zero-order chi connectivity index (χ0) is 24.4. The molecule has 0 fully saturated rings. The monoisotopic (exact) mass is 467 g/mol. The smallest absolute Gasteiger partial charge is 0.291 e. The molecule has 5 rings (SSSR count). The second-order valence-corrected chi connectivity index (χ2v) is 8.42. The van der Waals surface area contributed by atoms with Crippen LogP contribution < -0.4 is 10.6 Å². The minimum absolute atomic E-state index is 0.0373. The van der Waals surface area contributed by atoms with Crippen molar-refractivity contribution >= 4 is 34.1 Å². The van der Waals surface area contributed by atoms with Gasteiger partial charge in [0.25, 0.3) is 5.91 Å².